The number of hydrogen-bond acceptors (Lipinski definition) is 0. The summed E-state index contributed by atoms with van der Waals surface area (Å²) in [6, 6.07) is 0. The van der Waals surface area contributed by atoms with Crippen molar-refractivity contribution in [1.29, 1.82) is 0 Å². The second-order valence-electron chi connectivity index (χ2n) is 1.12. The predicted octanol–water partition coefficient (Wildman–Crippen LogP) is -0.00840. The Hall–Kier alpha value is 3.61. The maximum absolute atomic E-state index is 5.61. The van der Waals surface area contributed by atoms with Gasteiger partial charge in [0, 0.05) is 0 Å². The van der Waals surface area contributed by atoms with Crippen LogP contribution in [-0.2, 0) is 11.7 Å². The summed E-state index contributed by atoms with van der Waals surface area (Å²) in [6.07, 6.45) is 0. The number of halogens is 3. The molecule has 44 valence electrons. The van der Waals surface area contributed by atoms with E-state index in [2.05, 4.69) is 0 Å². The summed E-state index contributed by atoms with van der Waals surface area (Å²) in [5.41, 5.74) is 0. The fraction of sp³-hybridized carbons (Fsp3) is 1.00. The molecule has 0 N–H and O–H groups in total. The van der Waals surface area contributed by atoms with Gasteiger partial charge in [-0.3, -0.25) is 0 Å². The summed E-state index contributed by atoms with van der Waals surface area (Å²) < 4.78 is 0. The molecule has 0 aromatic carbocycles. The first-order chi connectivity index (χ1) is 2.47. The summed E-state index contributed by atoms with van der Waals surface area (Å²) in [5.74, 6) is 0. The van der Waals surface area contributed by atoms with E-state index in [1.807, 2.05) is 0 Å². The quantitative estimate of drug-likeness (QED) is 0.476. The van der Waals surface area contributed by atoms with Crippen LogP contribution in [0, 0.1) is 0 Å². The molecule has 0 unspecified atom stereocenters. The van der Waals surface area contributed by atoms with Crippen molar-refractivity contribution in [3.8, 4) is 0 Å². The molecule has 0 amide bonds. The normalized spacial score (nSPS) is 36.7. The van der Waals surface area contributed by atoms with Crippen LogP contribution in [0.15, 0.2) is 0 Å². The van der Waals surface area contributed by atoms with E-state index in [0.717, 1.165) is 9.62 Å². The van der Waals surface area contributed by atoms with Gasteiger partial charge >= 0.3 is 118 Å². The molecular formula is C2H4Cl3CsPt. The van der Waals surface area contributed by atoms with Crippen LogP contribution >= 0.6 is 28.3 Å². The van der Waals surface area contributed by atoms with Crippen molar-refractivity contribution < 1.29 is 80.6 Å². The second kappa shape index (κ2) is 2.92. The van der Waals surface area contributed by atoms with Crippen molar-refractivity contribution in [2.75, 3.05) is 0 Å². The SMILES string of the molecule is [Cl][Pt-]1([Cl])([Cl])[CH2][CH2]1.[Cs+]. The molecule has 0 bridgehead atoms. The molecule has 0 atom stereocenters. The Labute approximate surface area is 115 Å². The Morgan fingerprint density at radius 1 is 1.00 bits per heavy atom. The number of hydrogen-bond donors (Lipinski definition) is 0. The van der Waals surface area contributed by atoms with Crippen molar-refractivity contribution in [3.05, 3.63) is 0 Å². The summed E-state index contributed by atoms with van der Waals surface area (Å²) in [6.45, 7) is 0. The van der Waals surface area contributed by atoms with Gasteiger partial charge in [-0.25, -0.2) is 0 Å². The Morgan fingerprint density at radius 3 is 1.14 bits per heavy atom. The number of rotatable bonds is 0. The summed E-state index contributed by atoms with van der Waals surface area (Å²) in [4.78, 5) is 1.80. The molecule has 1 fully saturated rings. The van der Waals surface area contributed by atoms with Crippen LogP contribution in [0.1, 0.15) is 0 Å². The molecule has 5 heteroatoms. The van der Waals surface area contributed by atoms with E-state index in [1.165, 1.54) is 0 Å². The van der Waals surface area contributed by atoms with E-state index in [1.54, 1.807) is 0 Å². The van der Waals surface area contributed by atoms with Crippen LogP contribution < -0.4 is 68.9 Å². The molecule has 7 heavy (non-hydrogen) atoms. The van der Waals surface area contributed by atoms with Crippen LogP contribution in [-0.4, -0.2) is 0 Å². The maximum Gasteiger partial charge on any atom is 1.00 e. The fourth-order valence-electron chi connectivity index (χ4n) is 0.0567. The minimum Gasteiger partial charge on any atom is 1.00 e. The monoisotopic (exact) mass is 461 g/mol. The second-order valence-corrected chi connectivity index (χ2v) is 26.3. The van der Waals surface area contributed by atoms with Gasteiger partial charge in [0.15, 0.2) is 0 Å². The van der Waals surface area contributed by atoms with Crippen molar-refractivity contribution in [3.63, 3.8) is 0 Å². The van der Waals surface area contributed by atoms with Crippen LogP contribution in [0.3, 0.4) is 0 Å². The largest absolute Gasteiger partial charge is 1.00 e. The van der Waals surface area contributed by atoms with Gasteiger partial charge in [0.1, 0.15) is 0 Å². The van der Waals surface area contributed by atoms with E-state index < -0.39 is 11.7 Å². The Balaban J connectivity index is 0.000000360. The minimum absolute atomic E-state index is 0. The molecule has 0 saturated carbocycles. The Bertz CT molecular complexity index is 76.7. The van der Waals surface area contributed by atoms with Gasteiger partial charge in [0.25, 0.3) is 0 Å². The van der Waals surface area contributed by atoms with Crippen LogP contribution in [0.2, 0.25) is 9.62 Å². The van der Waals surface area contributed by atoms with Crippen molar-refractivity contribution in [2.24, 2.45) is 0 Å². The first kappa shape index (κ1) is 10.6. The zero-order valence-electron chi connectivity index (χ0n) is 3.86. The zero-order chi connectivity index (χ0) is 4.86. The van der Waals surface area contributed by atoms with Crippen LogP contribution in [0.5, 0.6) is 0 Å². The summed E-state index contributed by atoms with van der Waals surface area (Å²) >= 11 is -2.88. The molecule has 0 radical (unpaired) electrons. The topological polar surface area (TPSA) is 0 Å². The van der Waals surface area contributed by atoms with Gasteiger partial charge in [0.05, 0.1) is 0 Å². The first-order valence-corrected chi connectivity index (χ1v) is 13.0. The van der Waals surface area contributed by atoms with Gasteiger partial charge in [-0.05, 0) is 0 Å². The van der Waals surface area contributed by atoms with Gasteiger partial charge in [-0.15, -0.1) is 0 Å². The average molecular weight is 462 g/mol. The van der Waals surface area contributed by atoms with E-state index in [0.29, 0.717) is 0 Å². The molecule has 1 heterocycles. The van der Waals surface area contributed by atoms with Crippen molar-refractivity contribution in [2.45, 2.75) is 9.62 Å². The molecule has 1 aliphatic heterocycles. The molecular weight excluding hydrogens is 458 g/mol. The molecule has 1 aliphatic rings. The smallest absolute Gasteiger partial charge is 1.00 e. The van der Waals surface area contributed by atoms with E-state index in [-0.39, 0.29) is 68.9 Å². The fourth-order valence-corrected chi connectivity index (χ4v) is 11.4. The molecule has 0 spiro atoms. The Kier molecular flexibility index (Phi) is 4.43. The zero-order valence-corrected chi connectivity index (χ0v) is 14.7. The predicted molar refractivity (Wildman–Crippen MR) is 27.2 cm³/mol. The molecule has 1 saturated heterocycles. The van der Waals surface area contributed by atoms with Crippen LogP contribution in [0.25, 0.3) is 0 Å². The van der Waals surface area contributed by atoms with Crippen LogP contribution in [0.4, 0.5) is 0 Å². The first-order valence-electron chi connectivity index (χ1n) is 1.31. The van der Waals surface area contributed by atoms with Gasteiger partial charge in [-0.2, -0.15) is 0 Å². The maximum atomic E-state index is 5.61. The standard InChI is InChI=1S/C2H4.3ClH.Cs.Pt/c1-2;;;;;/h1-2H2;3*1H;;/q;;;;+1;+2/p-3. The third kappa shape index (κ3) is 4.94. The van der Waals surface area contributed by atoms with E-state index in [4.69, 9.17) is 28.3 Å². The molecule has 0 aromatic heterocycles. The molecule has 1 rings (SSSR count). The molecule has 0 aliphatic carbocycles. The third-order valence-corrected chi connectivity index (χ3v) is 10.1. The van der Waals surface area contributed by atoms with Gasteiger partial charge in [-0.1, -0.05) is 0 Å². The van der Waals surface area contributed by atoms with Gasteiger partial charge in [0.2, 0.25) is 0 Å². The van der Waals surface area contributed by atoms with Crippen molar-refractivity contribution in [1.82, 2.24) is 0 Å². The Morgan fingerprint density at radius 2 is 1.14 bits per heavy atom. The summed E-state index contributed by atoms with van der Waals surface area (Å²) in [7, 11) is 16.8. The molecule has 0 nitrogen and oxygen atoms in total. The summed E-state index contributed by atoms with van der Waals surface area (Å²) in [5, 5.41) is 0. The average Bonchev–Trinajstić information content (AvgIpc) is 1.73. The van der Waals surface area contributed by atoms with E-state index >= 15 is 0 Å². The minimum atomic E-state index is -2.88. The molecule has 0 aromatic rings. The van der Waals surface area contributed by atoms with E-state index in [9.17, 15) is 0 Å². The third-order valence-electron chi connectivity index (χ3n) is 0.517. The van der Waals surface area contributed by atoms with Crippen molar-refractivity contribution >= 4 is 28.3 Å². The van der Waals surface area contributed by atoms with Gasteiger partial charge < -0.3 is 0 Å².